The van der Waals surface area contributed by atoms with Crippen LogP contribution in [0.4, 0.5) is 5.69 Å². The van der Waals surface area contributed by atoms with E-state index in [0.29, 0.717) is 0 Å². The molecule has 2 aromatic rings. The Kier molecular flexibility index (Phi) is 4.56. The standard InChI is InChI=1S/C15H19NOSi/c1-18(15-5-3-2-4-6-15)17-12-11-13-7-9-14(16)10-8-13/h2-10,18H,11-12,16H2,1H3. The Balaban J connectivity index is 1.80. The van der Waals surface area contributed by atoms with E-state index < -0.39 is 9.04 Å². The van der Waals surface area contributed by atoms with Crippen molar-refractivity contribution in [2.75, 3.05) is 12.3 Å². The number of nitrogens with two attached hydrogens (primary N) is 1. The lowest BCUT2D eigenvalue weighted by atomic mass is 10.1. The highest BCUT2D eigenvalue weighted by Crippen LogP contribution is 2.06. The number of benzene rings is 2. The summed E-state index contributed by atoms with van der Waals surface area (Å²) in [4.78, 5) is 0. The summed E-state index contributed by atoms with van der Waals surface area (Å²) in [5.41, 5.74) is 7.74. The number of nitrogen functional groups attached to an aromatic ring is 1. The highest BCUT2D eigenvalue weighted by Gasteiger charge is 2.06. The second-order valence-electron chi connectivity index (χ2n) is 4.42. The molecule has 0 aliphatic heterocycles. The van der Waals surface area contributed by atoms with Crippen molar-refractivity contribution in [2.24, 2.45) is 0 Å². The molecule has 0 aromatic heterocycles. The lowest BCUT2D eigenvalue weighted by molar-refractivity contribution is 0.334. The van der Waals surface area contributed by atoms with Gasteiger partial charge in [0.1, 0.15) is 0 Å². The third kappa shape index (κ3) is 3.72. The second kappa shape index (κ2) is 6.38. The van der Waals surface area contributed by atoms with Gasteiger partial charge in [0.15, 0.2) is 0 Å². The fraction of sp³-hybridized carbons (Fsp3) is 0.200. The molecule has 1 unspecified atom stereocenters. The molecule has 0 saturated carbocycles. The van der Waals surface area contributed by atoms with Gasteiger partial charge in [0.25, 0.3) is 0 Å². The molecule has 0 amide bonds. The molecular formula is C15H19NOSi. The molecule has 2 aromatic carbocycles. The number of hydrogen-bond donors (Lipinski definition) is 1. The molecule has 94 valence electrons. The summed E-state index contributed by atoms with van der Waals surface area (Å²) < 4.78 is 5.97. The van der Waals surface area contributed by atoms with Gasteiger partial charge in [-0.15, -0.1) is 0 Å². The van der Waals surface area contributed by atoms with Crippen LogP contribution in [0.3, 0.4) is 0 Å². The highest BCUT2D eigenvalue weighted by molar-refractivity contribution is 6.66. The first-order valence-electron chi connectivity index (χ1n) is 6.26. The molecule has 0 spiro atoms. The van der Waals surface area contributed by atoms with Crippen molar-refractivity contribution in [3.05, 3.63) is 60.2 Å². The first-order valence-corrected chi connectivity index (χ1v) is 8.47. The average Bonchev–Trinajstić information content (AvgIpc) is 2.42. The second-order valence-corrected chi connectivity index (χ2v) is 6.70. The lowest BCUT2D eigenvalue weighted by Crippen LogP contribution is -2.30. The van der Waals surface area contributed by atoms with Crippen molar-refractivity contribution in [1.29, 1.82) is 0 Å². The molecule has 0 radical (unpaired) electrons. The van der Waals surface area contributed by atoms with E-state index in [-0.39, 0.29) is 0 Å². The van der Waals surface area contributed by atoms with E-state index in [0.717, 1.165) is 18.7 Å². The Morgan fingerprint density at radius 2 is 1.67 bits per heavy atom. The van der Waals surface area contributed by atoms with E-state index in [1.165, 1.54) is 10.8 Å². The molecule has 3 heteroatoms. The summed E-state index contributed by atoms with van der Waals surface area (Å²) in [7, 11) is -1.24. The van der Waals surface area contributed by atoms with Gasteiger partial charge in [-0.3, -0.25) is 0 Å². The van der Waals surface area contributed by atoms with Gasteiger partial charge >= 0.3 is 0 Å². The minimum absolute atomic E-state index is 0.784. The van der Waals surface area contributed by atoms with Gasteiger partial charge < -0.3 is 10.2 Å². The minimum Gasteiger partial charge on any atom is -0.415 e. The van der Waals surface area contributed by atoms with Crippen molar-refractivity contribution in [2.45, 2.75) is 13.0 Å². The van der Waals surface area contributed by atoms with Crippen LogP contribution in [0.1, 0.15) is 5.56 Å². The minimum atomic E-state index is -1.24. The third-order valence-corrected chi connectivity index (χ3v) is 5.07. The van der Waals surface area contributed by atoms with Crippen LogP contribution in [-0.4, -0.2) is 15.6 Å². The summed E-state index contributed by atoms with van der Waals surface area (Å²) in [6.07, 6.45) is 0.949. The Morgan fingerprint density at radius 3 is 2.33 bits per heavy atom. The number of rotatable bonds is 5. The van der Waals surface area contributed by atoms with Gasteiger partial charge in [-0.05, 0) is 35.9 Å². The Hall–Kier alpha value is -1.58. The zero-order valence-electron chi connectivity index (χ0n) is 10.7. The number of anilines is 1. The summed E-state index contributed by atoms with van der Waals surface area (Å²) in [6, 6.07) is 18.5. The molecule has 1 atom stereocenters. The maximum absolute atomic E-state index is 5.97. The van der Waals surface area contributed by atoms with Crippen LogP contribution in [0.5, 0.6) is 0 Å². The third-order valence-electron chi connectivity index (χ3n) is 3.01. The SMILES string of the molecule is C[SiH](OCCc1ccc(N)cc1)c1ccccc1. The smallest absolute Gasteiger partial charge is 0.205 e. The predicted molar refractivity (Wildman–Crippen MR) is 79.6 cm³/mol. The molecule has 0 saturated heterocycles. The molecule has 0 aliphatic carbocycles. The van der Waals surface area contributed by atoms with Crippen LogP contribution < -0.4 is 10.9 Å². The fourth-order valence-electron chi connectivity index (χ4n) is 1.86. The van der Waals surface area contributed by atoms with Crippen molar-refractivity contribution < 1.29 is 4.43 Å². The first-order chi connectivity index (χ1) is 8.75. The van der Waals surface area contributed by atoms with Crippen LogP contribution in [-0.2, 0) is 10.8 Å². The molecule has 2 nitrogen and oxygen atoms in total. The van der Waals surface area contributed by atoms with Gasteiger partial charge in [-0.2, -0.15) is 0 Å². The van der Waals surface area contributed by atoms with E-state index in [2.05, 4.69) is 42.9 Å². The molecular weight excluding hydrogens is 238 g/mol. The lowest BCUT2D eigenvalue weighted by Gasteiger charge is -2.12. The van der Waals surface area contributed by atoms with Crippen molar-refractivity contribution >= 4 is 19.9 Å². The zero-order chi connectivity index (χ0) is 12.8. The molecule has 2 N–H and O–H groups in total. The van der Waals surface area contributed by atoms with Gasteiger partial charge in [-0.25, -0.2) is 0 Å². The molecule has 0 heterocycles. The van der Waals surface area contributed by atoms with E-state index in [4.69, 9.17) is 10.2 Å². The Morgan fingerprint density at radius 1 is 1.00 bits per heavy atom. The van der Waals surface area contributed by atoms with E-state index >= 15 is 0 Å². The molecule has 2 rings (SSSR count). The van der Waals surface area contributed by atoms with Crippen LogP contribution in [0.15, 0.2) is 54.6 Å². The van der Waals surface area contributed by atoms with Crippen LogP contribution in [0.25, 0.3) is 0 Å². The summed E-state index contributed by atoms with van der Waals surface area (Å²) >= 11 is 0. The average molecular weight is 257 g/mol. The maximum atomic E-state index is 5.97. The van der Waals surface area contributed by atoms with E-state index in [9.17, 15) is 0 Å². The van der Waals surface area contributed by atoms with Crippen molar-refractivity contribution in [3.63, 3.8) is 0 Å². The van der Waals surface area contributed by atoms with E-state index in [1.807, 2.05) is 18.2 Å². The summed E-state index contributed by atoms with van der Waals surface area (Å²) in [5.74, 6) is 0. The zero-order valence-corrected chi connectivity index (χ0v) is 11.8. The van der Waals surface area contributed by atoms with Crippen molar-refractivity contribution in [1.82, 2.24) is 0 Å². The Bertz CT molecular complexity index is 470. The van der Waals surface area contributed by atoms with Crippen molar-refractivity contribution in [3.8, 4) is 0 Å². The quantitative estimate of drug-likeness (QED) is 0.657. The van der Waals surface area contributed by atoms with Crippen LogP contribution in [0, 0.1) is 0 Å². The summed E-state index contributed by atoms with van der Waals surface area (Å²) in [5, 5.41) is 1.36. The highest BCUT2D eigenvalue weighted by atomic mass is 28.3. The maximum Gasteiger partial charge on any atom is 0.205 e. The molecule has 0 fully saturated rings. The predicted octanol–water partition coefficient (Wildman–Crippen LogP) is 2.09. The molecule has 0 bridgehead atoms. The topological polar surface area (TPSA) is 35.2 Å². The molecule has 18 heavy (non-hydrogen) atoms. The van der Waals surface area contributed by atoms with Gasteiger partial charge in [0.2, 0.25) is 9.04 Å². The van der Waals surface area contributed by atoms with Crippen LogP contribution in [0.2, 0.25) is 6.55 Å². The molecule has 0 aliphatic rings. The fourth-order valence-corrected chi connectivity index (χ4v) is 3.29. The number of hydrogen-bond acceptors (Lipinski definition) is 2. The van der Waals surface area contributed by atoms with Gasteiger partial charge in [-0.1, -0.05) is 42.5 Å². The first kappa shape index (κ1) is 12.9. The Labute approximate surface area is 110 Å². The monoisotopic (exact) mass is 257 g/mol. The van der Waals surface area contributed by atoms with Crippen LogP contribution >= 0.6 is 0 Å². The largest absolute Gasteiger partial charge is 0.415 e. The van der Waals surface area contributed by atoms with Gasteiger partial charge in [0, 0.05) is 12.3 Å². The van der Waals surface area contributed by atoms with Gasteiger partial charge in [0.05, 0.1) is 0 Å². The summed E-state index contributed by atoms with van der Waals surface area (Å²) in [6.45, 7) is 3.00. The normalized spacial score (nSPS) is 12.3. The van der Waals surface area contributed by atoms with E-state index in [1.54, 1.807) is 0 Å².